The van der Waals surface area contributed by atoms with E-state index in [9.17, 15) is 22.1 Å². The zero-order valence-electron chi connectivity index (χ0n) is 12.3. The molecular formula is C14H19F4NOS. The highest BCUT2D eigenvalue weighted by Crippen LogP contribution is 2.36. The fourth-order valence-corrected chi connectivity index (χ4v) is 2.62. The third kappa shape index (κ3) is 4.59. The fraction of sp³-hybridized carbons (Fsp3) is 0.571. The van der Waals surface area contributed by atoms with Gasteiger partial charge in [0.15, 0.2) is 0 Å². The first-order chi connectivity index (χ1) is 9.55. The highest BCUT2D eigenvalue weighted by Gasteiger charge is 2.31. The molecule has 1 rings (SSSR count). The summed E-state index contributed by atoms with van der Waals surface area (Å²) in [4.78, 5) is 0. The third-order valence-corrected chi connectivity index (χ3v) is 4.61. The van der Waals surface area contributed by atoms with E-state index in [0.717, 1.165) is 6.07 Å². The molecule has 1 aromatic rings. The van der Waals surface area contributed by atoms with Gasteiger partial charge in [-0.05, 0) is 33.3 Å². The molecule has 0 aliphatic rings. The molecule has 0 aliphatic carbocycles. The highest BCUT2D eigenvalue weighted by molar-refractivity contribution is 7.90. The van der Waals surface area contributed by atoms with Gasteiger partial charge in [-0.15, -0.1) is 4.72 Å². The van der Waals surface area contributed by atoms with Crippen LogP contribution in [0.4, 0.5) is 17.6 Å². The topological polar surface area (TPSA) is 35.1 Å². The molecule has 0 bridgehead atoms. The van der Waals surface area contributed by atoms with Crippen LogP contribution in [0, 0.1) is 0 Å². The zero-order valence-corrected chi connectivity index (χ0v) is 13.1. The molecule has 0 saturated carbocycles. The first-order valence-electron chi connectivity index (χ1n) is 6.42. The van der Waals surface area contributed by atoms with Crippen LogP contribution >= 0.6 is 0 Å². The summed E-state index contributed by atoms with van der Waals surface area (Å²) in [6, 6.07) is 2.92. The van der Waals surface area contributed by atoms with E-state index >= 15 is 0 Å². The Morgan fingerprint density at radius 2 is 1.57 bits per heavy atom. The molecule has 0 spiro atoms. The van der Waals surface area contributed by atoms with Crippen molar-refractivity contribution in [2.24, 2.45) is 0 Å². The summed E-state index contributed by atoms with van der Waals surface area (Å²) >= 11 is -1.49. The lowest BCUT2D eigenvalue weighted by molar-refractivity contribution is 0.123. The molecule has 21 heavy (non-hydrogen) atoms. The average Bonchev–Trinajstić information content (AvgIpc) is 2.36. The van der Waals surface area contributed by atoms with Crippen molar-refractivity contribution in [2.45, 2.75) is 51.3 Å². The number of hydrogen-bond donors (Lipinski definition) is 1. The summed E-state index contributed by atoms with van der Waals surface area (Å²) in [5, 5.41) is 0. The van der Waals surface area contributed by atoms with Gasteiger partial charge in [0.1, 0.15) is 4.75 Å². The molecule has 0 aromatic heterocycles. The van der Waals surface area contributed by atoms with Gasteiger partial charge in [-0.2, -0.15) is 0 Å². The summed E-state index contributed by atoms with van der Waals surface area (Å²) in [5.74, 6) is 0. The lowest BCUT2D eigenvalue weighted by Crippen LogP contribution is -2.40. The molecule has 0 heterocycles. The van der Waals surface area contributed by atoms with Crippen molar-refractivity contribution in [1.82, 2.24) is 4.72 Å². The fourth-order valence-electron chi connectivity index (χ4n) is 1.82. The van der Waals surface area contributed by atoms with Gasteiger partial charge in [0.25, 0.3) is 12.9 Å². The molecule has 0 saturated heterocycles. The van der Waals surface area contributed by atoms with Gasteiger partial charge < -0.3 is 4.55 Å². The van der Waals surface area contributed by atoms with Crippen molar-refractivity contribution in [3.8, 4) is 0 Å². The standard InChI is InChI=1S/C14H19F4NOS/c1-8(19-21(20)14(2,3)4)9-6-5-7-10(12(15)16)11(9)13(17)18/h5-8,12-13,19H,1-4H3/t8?,21-/m1/s1. The van der Waals surface area contributed by atoms with Gasteiger partial charge in [0.05, 0.1) is 6.04 Å². The van der Waals surface area contributed by atoms with E-state index in [4.69, 9.17) is 0 Å². The van der Waals surface area contributed by atoms with Crippen LogP contribution in [-0.4, -0.2) is 9.30 Å². The van der Waals surface area contributed by atoms with E-state index < -0.39 is 46.1 Å². The molecule has 1 aromatic carbocycles. The van der Waals surface area contributed by atoms with Gasteiger partial charge in [-0.3, -0.25) is 0 Å². The molecule has 0 radical (unpaired) electrons. The Morgan fingerprint density at radius 3 is 2.00 bits per heavy atom. The minimum atomic E-state index is -3.02. The Labute approximate surface area is 125 Å². The Balaban J connectivity index is 3.15. The molecular weight excluding hydrogens is 306 g/mol. The number of benzene rings is 1. The Bertz CT molecular complexity index is 477. The van der Waals surface area contributed by atoms with Gasteiger partial charge in [-0.1, -0.05) is 18.2 Å². The molecule has 0 aliphatic heterocycles. The van der Waals surface area contributed by atoms with Crippen molar-refractivity contribution >= 4 is 11.4 Å². The lowest BCUT2D eigenvalue weighted by atomic mass is 9.97. The molecule has 2 nitrogen and oxygen atoms in total. The minimum Gasteiger partial charge on any atom is -0.598 e. The van der Waals surface area contributed by atoms with Crippen LogP contribution in [0.25, 0.3) is 0 Å². The monoisotopic (exact) mass is 325 g/mol. The summed E-state index contributed by atoms with van der Waals surface area (Å²) in [7, 11) is 0. The van der Waals surface area contributed by atoms with Gasteiger partial charge >= 0.3 is 0 Å². The van der Waals surface area contributed by atoms with Crippen LogP contribution in [0.3, 0.4) is 0 Å². The summed E-state index contributed by atoms with van der Waals surface area (Å²) in [5.41, 5.74) is -1.32. The summed E-state index contributed by atoms with van der Waals surface area (Å²) in [6.45, 7) is 6.71. The van der Waals surface area contributed by atoms with Crippen LogP contribution < -0.4 is 4.72 Å². The van der Waals surface area contributed by atoms with Crippen LogP contribution in [0.5, 0.6) is 0 Å². The van der Waals surface area contributed by atoms with Crippen molar-refractivity contribution in [3.05, 3.63) is 34.9 Å². The molecule has 0 amide bonds. The molecule has 0 fully saturated rings. The number of rotatable bonds is 5. The van der Waals surface area contributed by atoms with Gasteiger partial charge in [-0.25, -0.2) is 17.6 Å². The van der Waals surface area contributed by atoms with Crippen molar-refractivity contribution in [3.63, 3.8) is 0 Å². The second-order valence-corrected chi connectivity index (χ2v) is 7.67. The largest absolute Gasteiger partial charge is 0.598 e. The maximum Gasteiger partial charge on any atom is 0.264 e. The second kappa shape index (κ2) is 6.98. The normalized spacial score (nSPS) is 15.6. The molecule has 1 unspecified atom stereocenters. The second-order valence-electron chi connectivity index (χ2n) is 5.67. The molecule has 2 atom stereocenters. The predicted octanol–water partition coefficient (Wildman–Crippen LogP) is 4.67. The smallest absolute Gasteiger partial charge is 0.264 e. The van der Waals surface area contributed by atoms with Crippen molar-refractivity contribution < 1.29 is 22.1 Å². The Morgan fingerprint density at radius 1 is 1.05 bits per heavy atom. The number of nitrogens with one attached hydrogen (secondary N) is 1. The highest BCUT2D eigenvalue weighted by atomic mass is 32.2. The third-order valence-electron chi connectivity index (χ3n) is 2.93. The van der Waals surface area contributed by atoms with Crippen LogP contribution in [0.1, 0.15) is 63.3 Å². The van der Waals surface area contributed by atoms with Crippen LogP contribution in [0.2, 0.25) is 0 Å². The minimum absolute atomic E-state index is 0.0420. The number of alkyl halides is 4. The molecule has 120 valence electrons. The van der Waals surface area contributed by atoms with Gasteiger partial charge in [0.2, 0.25) is 0 Å². The quantitative estimate of drug-likeness (QED) is 0.630. The summed E-state index contributed by atoms with van der Waals surface area (Å²) < 4.78 is 66.1. The van der Waals surface area contributed by atoms with E-state index in [2.05, 4.69) is 4.72 Å². The predicted molar refractivity (Wildman–Crippen MR) is 75.8 cm³/mol. The van der Waals surface area contributed by atoms with Crippen molar-refractivity contribution in [1.29, 1.82) is 0 Å². The molecule has 1 N–H and O–H groups in total. The lowest BCUT2D eigenvalue weighted by Gasteiger charge is -2.27. The number of hydrogen-bond acceptors (Lipinski definition) is 2. The molecule has 7 heteroatoms. The SMILES string of the molecule is CC(N[S@+]([O-])C(C)(C)C)c1cccc(C(F)F)c1C(F)F. The van der Waals surface area contributed by atoms with E-state index in [-0.39, 0.29) is 5.56 Å². The van der Waals surface area contributed by atoms with E-state index in [1.54, 1.807) is 20.8 Å². The first kappa shape index (κ1) is 18.3. The Kier molecular flexibility index (Phi) is 6.07. The van der Waals surface area contributed by atoms with E-state index in [1.807, 2.05) is 0 Å². The maximum atomic E-state index is 13.1. The van der Waals surface area contributed by atoms with E-state index in [1.165, 1.54) is 19.1 Å². The number of halogens is 4. The van der Waals surface area contributed by atoms with Gasteiger partial charge in [0, 0.05) is 22.5 Å². The van der Waals surface area contributed by atoms with Crippen LogP contribution in [0.15, 0.2) is 18.2 Å². The first-order valence-corrected chi connectivity index (χ1v) is 7.57. The summed E-state index contributed by atoms with van der Waals surface area (Å²) in [6.07, 6.45) is -5.99. The van der Waals surface area contributed by atoms with Crippen molar-refractivity contribution in [2.75, 3.05) is 0 Å². The zero-order chi connectivity index (χ0) is 16.4. The van der Waals surface area contributed by atoms with Crippen LogP contribution in [-0.2, 0) is 11.4 Å². The van der Waals surface area contributed by atoms with E-state index in [0.29, 0.717) is 0 Å². The average molecular weight is 325 g/mol. The Hall–Kier alpha value is -0.790. The maximum absolute atomic E-state index is 13.1.